The highest BCUT2D eigenvalue weighted by Gasteiger charge is 2.20. The summed E-state index contributed by atoms with van der Waals surface area (Å²) in [5, 5.41) is 11.5. The molecule has 2 aromatic rings. The quantitative estimate of drug-likeness (QED) is 0.791. The van der Waals surface area contributed by atoms with Crippen molar-refractivity contribution in [2.45, 2.75) is 19.4 Å². The molecule has 5 heteroatoms. The molecule has 2 aromatic heterocycles. The lowest BCUT2D eigenvalue weighted by Crippen LogP contribution is -2.17. The van der Waals surface area contributed by atoms with Crippen molar-refractivity contribution in [1.82, 2.24) is 24.9 Å². The van der Waals surface area contributed by atoms with Gasteiger partial charge >= 0.3 is 0 Å². The van der Waals surface area contributed by atoms with Crippen LogP contribution in [-0.2, 0) is 6.54 Å². The highest BCUT2D eigenvalue weighted by Crippen LogP contribution is 2.27. The van der Waals surface area contributed by atoms with E-state index in [0.717, 1.165) is 24.8 Å². The van der Waals surface area contributed by atoms with Crippen LogP contribution in [0, 0.1) is 5.92 Å². The smallest absolute Gasteiger partial charge is 0.254 e. The van der Waals surface area contributed by atoms with Crippen LogP contribution >= 0.6 is 0 Å². The second-order valence-corrected chi connectivity index (χ2v) is 3.98. The molecule has 1 fully saturated rings. The van der Waals surface area contributed by atoms with E-state index in [1.54, 1.807) is 6.20 Å². The van der Waals surface area contributed by atoms with E-state index in [4.69, 9.17) is 0 Å². The summed E-state index contributed by atoms with van der Waals surface area (Å²) in [6, 6.07) is 1.89. The van der Waals surface area contributed by atoms with Gasteiger partial charge in [-0.3, -0.25) is 4.40 Å². The normalized spacial score (nSPS) is 16.0. The summed E-state index contributed by atoms with van der Waals surface area (Å²) in [6.07, 6.45) is 6.41. The van der Waals surface area contributed by atoms with Gasteiger partial charge in [-0.2, -0.15) is 0 Å². The number of nitrogens with one attached hydrogen (secondary N) is 1. The van der Waals surface area contributed by atoms with Gasteiger partial charge in [0, 0.05) is 12.4 Å². The maximum Gasteiger partial charge on any atom is 0.254 e. The van der Waals surface area contributed by atoms with Crippen LogP contribution in [0.15, 0.2) is 18.5 Å². The first-order chi connectivity index (χ1) is 7.43. The lowest BCUT2D eigenvalue weighted by atomic mass is 10.4. The molecule has 2 heterocycles. The van der Waals surface area contributed by atoms with Crippen molar-refractivity contribution in [2.75, 3.05) is 6.54 Å². The average Bonchev–Trinajstić information content (AvgIpc) is 3.00. The lowest BCUT2D eigenvalue weighted by molar-refractivity contribution is 0.615. The van der Waals surface area contributed by atoms with E-state index in [-0.39, 0.29) is 0 Å². The molecule has 0 bridgehead atoms. The second kappa shape index (κ2) is 3.58. The highest BCUT2D eigenvalue weighted by molar-refractivity contribution is 5.25. The molecule has 78 valence electrons. The van der Waals surface area contributed by atoms with Crippen LogP contribution in [0.1, 0.15) is 18.7 Å². The summed E-state index contributed by atoms with van der Waals surface area (Å²) >= 11 is 0. The molecule has 3 rings (SSSR count). The zero-order chi connectivity index (χ0) is 10.1. The summed E-state index contributed by atoms with van der Waals surface area (Å²) in [7, 11) is 0. The Bertz CT molecular complexity index is 460. The van der Waals surface area contributed by atoms with Crippen molar-refractivity contribution >= 4 is 5.78 Å². The van der Waals surface area contributed by atoms with Crippen LogP contribution in [0.5, 0.6) is 0 Å². The Kier molecular flexibility index (Phi) is 2.10. The fourth-order valence-corrected chi connectivity index (χ4v) is 1.62. The van der Waals surface area contributed by atoms with Crippen molar-refractivity contribution in [2.24, 2.45) is 5.92 Å². The van der Waals surface area contributed by atoms with Gasteiger partial charge in [0.15, 0.2) is 5.82 Å². The maximum absolute atomic E-state index is 4.12. The molecule has 0 aliphatic heterocycles. The van der Waals surface area contributed by atoms with Gasteiger partial charge < -0.3 is 5.32 Å². The van der Waals surface area contributed by atoms with Gasteiger partial charge in [-0.1, -0.05) is 0 Å². The van der Waals surface area contributed by atoms with Crippen LogP contribution in [-0.4, -0.2) is 26.1 Å². The molecule has 0 spiro atoms. The van der Waals surface area contributed by atoms with Gasteiger partial charge in [-0.05, 0) is 31.4 Å². The summed E-state index contributed by atoms with van der Waals surface area (Å²) in [6.45, 7) is 1.86. The molecule has 0 amide bonds. The first-order valence-corrected chi connectivity index (χ1v) is 5.29. The predicted octanol–water partition coefficient (Wildman–Crippen LogP) is 0.624. The molecule has 0 atom stereocenters. The molecule has 1 saturated carbocycles. The van der Waals surface area contributed by atoms with Crippen LogP contribution in [0.25, 0.3) is 5.78 Å². The fourth-order valence-electron chi connectivity index (χ4n) is 1.62. The predicted molar refractivity (Wildman–Crippen MR) is 55.2 cm³/mol. The average molecular weight is 203 g/mol. The van der Waals surface area contributed by atoms with E-state index in [1.165, 1.54) is 12.8 Å². The number of aromatic nitrogens is 4. The molecule has 5 nitrogen and oxygen atoms in total. The molecular weight excluding hydrogens is 190 g/mol. The van der Waals surface area contributed by atoms with Crippen LogP contribution < -0.4 is 5.32 Å². The summed E-state index contributed by atoms with van der Waals surface area (Å²) in [4.78, 5) is 4.12. The van der Waals surface area contributed by atoms with Crippen LogP contribution in [0.3, 0.4) is 0 Å². The minimum atomic E-state index is 0.667. The van der Waals surface area contributed by atoms with Gasteiger partial charge in [0.05, 0.1) is 6.54 Å². The fraction of sp³-hybridized carbons (Fsp3) is 0.500. The van der Waals surface area contributed by atoms with E-state index < -0.39 is 0 Å². The van der Waals surface area contributed by atoms with Gasteiger partial charge in [-0.25, -0.2) is 4.98 Å². The minimum Gasteiger partial charge on any atom is -0.310 e. The van der Waals surface area contributed by atoms with E-state index >= 15 is 0 Å². The van der Waals surface area contributed by atoms with Crippen molar-refractivity contribution in [3.63, 3.8) is 0 Å². The van der Waals surface area contributed by atoms with Crippen LogP contribution in [0.4, 0.5) is 0 Å². The molecule has 0 aromatic carbocycles. The Hall–Kier alpha value is -1.49. The Morgan fingerprint density at radius 1 is 1.40 bits per heavy atom. The third-order valence-corrected chi connectivity index (χ3v) is 2.67. The number of nitrogens with zero attached hydrogens (tertiary/aromatic N) is 4. The first kappa shape index (κ1) is 8.79. The van der Waals surface area contributed by atoms with E-state index in [9.17, 15) is 0 Å². The third-order valence-electron chi connectivity index (χ3n) is 2.67. The van der Waals surface area contributed by atoms with E-state index in [1.807, 2.05) is 16.7 Å². The zero-order valence-electron chi connectivity index (χ0n) is 8.43. The SMILES string of the molecule is c1cnc2nnc(CNCC3CC3)n2c1. The first-order valence-electron chi connectivity index (χ1n) is 5.29. The summed E-state index contributed by atoms with van der Waals surface area (Å²) < 4.78 is 1.92. The monoisotopic (exact) mass is 203 g/mol. The Balaban J connectivity index is 1.72. The summed E-state index contributed by atoms with van der Waals surface area (Å²) in [5.41, 5.74) is 0. The molecular formula is C10H13N5. The minimum absolute atomic E-state index is 0.667. The van der Waals surface area contributed by atoms with Gasteiger partial charge in [0.25, 0.3) is 5.78 Å². The van der Waals surface area contributed by atoms with E-state index in [2.05, 4.69) is 20.5 Å². The summed E-state index contributed by atoms with van der Waals surface area (Å²) in [5.74, 6) is 2.49. The van der Waals surface area contributed by atoms with Gasteiger partial charge in [-0.15, -0.1) is 10.2 Å². The third kappa shape index (κ3) is 1.83. The molecule has 0 saturated heterocycles. The van der Waals surface area contributed by atoms with Gasteiger partial charge in [0.2, 0.25) is 0 Å². The maximum atomic E-state index is 4.12. The standard InChI is InChI=1S/C10H13N5/c1-4-12-10-14-13-9(15(10)5-1)7-11-6-8-2-3-8/h1,4-5,8,11H,2-3,6-7H2. The van der Waals surface area contributed by atoms with E-state index in [0.29, 0.717) is 5.78 Å². The number of hydrogen-bond acceptors (Lipinski definition) is 4. The van der Waals surface area contributed by atoms with Crippen molar-refractivity contribution in [1.29, 1.82) is 0 Å². The number of fused-ring (bicyclic) bond motifs is 1. The number of rotatable bonds is 4. The van der Waals surface area contributed by atoms with Crippen molar-refractivity contribution < 1.29 is 0 Å². The molecule has 15 heavy (non-hydrogen) atoms. The van der Waals surface area contributed by atoms with Crippen molar-refractivity contribution in [3.8, 4) is 0 Å². The number of hydrogen-bond donors (Lipinski definition) is 1. The van der Waals surface area contributed by atoms with Gasteiger partial charge in [0.1, 0.15) is 0 Å². The topological polar surface area (TPSA) is 55.1 Å². The molecule has 1 aliphatic rings. The molecule has 1 aliphatic carbocycles. The molecule has 0 unspecified atom stereocenters. The van der Waals surface area contributed by atoms with Crippen molar-refractivity contribution in [3.05, 3.63) is 24.3 Å². The Morgan fingerprint density at radius 2 is 2.33 bits per heavy atom. The Labute approximate surface area is 87.5 Å². The zero-order valence-corrected chi connectivity index (χ0v) is 8.43. The highest BCUT2D eigenvalue weighted by atomic mass is 15.3. The van der Waals surface area contributed by atoms with Crippen LogP contribution in [0.2, 0.25) is 0 Å². The second-order valence-electron chi connectivity index (χ2n) is 3.98. The molecule has 1 N–H and O–H groups in total. The largest absolute Gasteiger partial charge is 0.310 e. The lowest BCUT2D eigenvalue weighted by Gasteiger charge is -2.01. The Morgan fingerprint density at radius 3 is 3.20 bits per heavy atom. The molecule has 0 radical (unpaired) electrons.